The van der Waals surface area contributed by atoms with Crippen LogP contribution >= 0.6 is 11.8 Å². The van der Waals surface area contributed by atoms with Gasteiger partial charge in [-0.2, -0.15) is 5.10 Å². The monoisotopic (exact) mass is 247 g/mol. The second kappa shape index (κ2) is 5.89. The lowest BCUT2D eigenvalue weighted by Crippen LogP contribution is -2.17. The Morgan fingerprint density at radius 3 is 2.71 bits per heavy atom. The molecule has 90 valence electrons. The molecule has 0 aliphatic rings. The molecule has 0 aliphatic heterocycles. The van der Waals surface area contributed by atoms with E-state index in [4.69, 9.17) is 0 Å². The van der Waals surface area contributed by atoms with Crippen LogP contribution in [0.1, 0.15) is 24.1 Å². The highest BCUT2D eigenvalue weighted by molar-refractivity contribution is 7.98. The van der Waals surface area contributed by atoms with Crippen molar-refractivity contribution in [2.45, 2.75) is 24.4 Å². The fourth-order valence-electron chi connectivity index (χ4n) is 1.66. The lowest BCUT2D eigenvalue weighted by molar-refractivity contribution is 0.574. The fourth-order valence-corrected chi connectivity index (χ4v) is 2.06. The molecule has 1 aromatic heterocycles. The number of hydrogen-bond acceptors (Lipinski definition) is 3. The summed E-state index contributed by atoms with van der Waals surface area (Å²) in [6.07, 6.45) is 5.85. The third-order valence-electron chi connectivity index (χ3n) is 2.78. The number of rotatable bonds is 5. The zero-order valence-electron chi connectivity index (χ0n) is 10.1. The summed E-state index contributed by atoms with van der Waals surface area (Å²) in [5, 5.41) is 10.2. The van der Waals surface area contributed by atoms with Crippen molar-refractivity contribution in [2.75, 3.05) is 6.26 Å². The molecule has 1 heterocycles. The van der Waals surface area contributed by atoms with Crippen molar-refractivity contribution in [2.24, 2.45) is 0 Å². The van der Waals surface area contributed by atoms with Gasteiger partial charge in [-0.1, -0.05) is 12.1 Å². The Morgan fingerprint density at radius 1 is 1.35 bits per heavy atom. The Hall–Kier alpha value is -1.26. The molecule has 1 aromatic carbocycles. The molecule has 0 saturated carbocycles. The molecule has 1 atom stereocenters. The first-order chi connectivity index (χ1) is 8.29. The van der Waals surface area contributed by atoms with Crippen molar-refractivity contribution in [1.29, 1.82) is 0 Å². The van der Waals surface area contributed by atoms with Crippen LogP contribution in [0.15, 0.2) is 41.6 Å². The van der Waals surface area contributed by atoms with E-state index in [9.17, 15) is 0 Å². The predicted octanol–water partition coefficient (Wildman–Crippen LogP) is 2.98. The smallest absolute Gasteiger partial charge is 0.0532 e. The molecule has 0 spiro atoms. The van der Waals surface area contributed by atoms with Crippen LogP contribution < -0.4 is 5.32 Å². The first-order valence-electron chi connectivity index (χ1n) is 5.64. The lowest BCUT2D eigenvalue weighted by Gasteiger charge is -2.13. The van der Waals surface area contributed by atoms with E-state index in [1.54, 1.807) is 11.8 Å². The highest BCUT2D eigenvalue weighted by Crippen LogP contribution is 2.19. The summed E-state index contributed by atoms with van der Waals surface area (Å²) in [4.78, 5) is 1.30. The molecule has 0 saturated heterocycles. The first kappa shape index (κ1) is 12.2. The van der Waals surface area contributed by atoms with E-state index in [1.807, 2.05) is 12.4 Å². The third-order valence-corrected chi connectivity index (χ3v) is 3.53. The van der Waals surface area contributed by atoms with Gasteiger partial charge in [0.1, 0.15) is 0 Å². The molecule has 0 bridgehead atoms. The van der Waals surface area contributed by atoms with Crippen LogP contribution in [0, 0.1) is 0 Å². The van der Waals surface area contributed by atoms with Crippen LogP contribution in [-0.2, 0) is 6.54 Å². The highest BCUT2D eigenvalue weighted by atomic mass is 32.2. The number of hydrogen-bond donors (Lipinski definition) is 2. The van der Waals surface area contributed by atoms with Gasteiger partial charge < -0.3 is 5.32 Å². The van der Waals surface area contributed by atoms with E-state index >= 15 is 0 Å². The van der Waals surface area contributed by atoms with Crippen molar-refractivity contribution in [1.82, 2.24) is 15.5 Å². The van der Waals surface area contributed by atoms with E-state index in [1.165, 1.54) is 16.0 Å². The first-order valence-corrected chi connectivity index (χ1v) is 6.87. The largest absolute Gasteiger partial charge is 0.306 e. The number of nitrogens with one attached hydrogen (secondary N) is 2. The second-order valence-electron chi connectivity index (χ2n) is 3.98. The van der Waals surface area contributed by atoms with Gasteiger partial charge in [0.2, 0.25) is 0 Å². The van der Waals surface area contributed by atoms with Gasteiger partial charge in [0.05, 0.1) is 6.20 Å². The van der Waals surface area contributed by atoms with Gasteiger partial charge in [-0.25, -0.2) is 0 Å². The van der Waals surface area contributed by atoms with Crippen molar-refractivity contribution < 1.29 is 0 Å². The Balaban J connectivity index is 1.92. The number of aromatic nitrogens is 2. The predicted molar refractivity (Wildman–Crippen MR) is 72.1 cm³/mol. The Bertz CT molecular complexity index is 436. The molecule has 4 heteroatoms. The molecule has 17 heavy (non-hydrogen) atoms. The summed E-state index contributed by atoms with van der Waals surface area (Å²) in [5.41, 5.74) is 2.49. The van der Waals surface area contributed by atoms with Gasteiger partial charge in [0.15, 0.2) is 0 Å². The maximum absolute atomic E-state index is 3.93. The van der Waals surface area contributed by atoms with Crippen LogP contribution in [0.3, 0.4) is 0 Å². The van der Waals surface area contributed by atoms with E-state index in [0.29, 0.717) is 6.04 Å². The molecule has 2 N–H and O–H groups in total. The number of benzene rings is 1. The average Bonchev–Trinajstić information content (AvgIpc) is 2.89. The molecule has 0 fully saturated rings. The minimum Gasteiger partial charge on any atom is -0.306 e. The maximum Gasteiger partial charge on any atom is 0.0532 e. The Labute approximate surface area is 106 Å². The molecule has 2 aromatic rings. The minimum absolute atomic E-state index is 0.348. The van der Waals surface area contributed by atoms with E-state index in [-0.39, 0.29) is 0 Å². The number of thioether (sulfide) groups is 1. The summed E-state index contributed by atoms with van der Waals surface area (Å²) in [7, 11) is 0. The quantitative estimate of drug-likeness (QED) is 0.798. The van der Waals surface area contributed by atoms with E-state index in [2.05, 4.69) is 53.0 Å². The van der Waals surface area contributed by atoms with Crippen LogP contribution in [0.2, 0.25) is 0 Å². The number of nitrogens with zero attached hydrogens (tertiary/aromatic N) is 1. The molecule has 3 nitrogen and oxygen atoms in total. The molecule has 0 radical (unpaired) electrons. The third kappa shape index (κ3) is 3.35. The topological polar surface area (TPSA) is 40.7 Å². The van der Waals surface area contributed by atoms with Crippen molar-refractivity contribution in [3.63, 3.8) is 0 Å². The van der Waals surface area contributed by atoms with Crippen LogP contribution in [0.5, 0.6) is 0 Å². The van der Waals surface area contributed by atoms with Crippen molar-refractivity contribution >= 4 is 11.8 Å². The van der Waals surface area contributed by atoms with Crippen LogP contribution in [-0.4, -0.2) is 16.5 Å². The zero-order valence-corrected chi connectivity index (χ0v) is 10.9. The summed E-state index contributed by atoms with van der Waals surface area (Å²) in [6, 6.07) is 9.03. The van der Waals surface area contributed by atoms with E-state index < -0.39 is 0 Å². The molecule has 0 aliphatic carbocycles. The normalized spacial score (nSPS) is 12.6. The molecule has 1 unspecified atom stereocenters. The molecule has 2 rings (SSSR count). The summed E-state index contributed by atoms with van der Waals surface area (Å²) >= 11 is 1.77. The minimum atomic E-state index is 0.348. The summed E-state index contributed by atoms with van der Waals surface area (Å²) in [5.74, 6) is 0. The van der Waals surface area contributed by atoms with E-state index in [0.717, 1.165) is 6.54 Å². The number of aromatic amines is 1. The summed E-state index contributed by atoms with van der Waals surface area (Å²) < 4.78 is 0. The lowest BCUT2D eigenvalue weighted by atomic mass is 10.1. The van der Waals surface area contributed by atoms with Gasteiger partial charge in [-0.05, 0) is 30.9 Å². The zero-order chi connectivity index (χ0) is 12.1. The number of H-pyrrole nitrogens is 1. The van der Waals surface area contributed by atoms with Gasteiger partial charge >= 0.3 is 0 Å². The van der Waals surface area contributed by atoms with Crippen molar-refractivity contribution in [3.8, 4) is 0 Å². The van der Waals surface area contributed by atoms with Gasteiger partial charge in [0.25, 0.3) is 0 Å². The van der Waals surface area contributed by atoms with Crippen molar-refractivity contribution in [3.05, 3.63) is 47.8 Å². The Kier molecular flexibility index (Phi) is 4.23. The molecular weight excluding hydrogens is 230 g/mol. The maximum atomic E-state index is 3.93. The fraction of sp³-hybridized carbons (Fsp3) is 0.308. The van der Waals surface area contributed by atoms with Crippen LogP contribution in [0.25, 0.3) is 0 Å². The standard InChI is InChI=1S/C13H17N3S/c1-10(14-7-11-8-15-16-9-11)12-3-5-13(17-2)6-4-12/h3-6,8-10,14H,7H2,1-2H3,(H,15,16). The Morgan fingerprint density at radius 2 is 2.12 bits per heavy atom. The van der Waals surface area contributed by atoms with Gasteiger partial charge in [0, 0.05) is 29.2 Å². The average molecular weight is 247 g/mol. The second-order valence-corrected chi connectivity index (χ2v) is 4.86. The van der Waals surface area contributed by atoms with Crippen LogP contribution in [0.4, 0.5) is 0 Å². The SMILES string of the molecule is CSc1ccc(C(C)NCc2cn[nH]c2)cc1. The van der Waals surface area contributed by atoms with Gasteiger partial charge in [-0.3, -0.25) is 5.10 Å². The highest BCUT2D eigenvalue weighted by Gasteiger charge is 2.04. The summed E-state index contributed by atoms with van der Waals surface area (Å²) in [6.45, 7) is 3.01. The molecular formula is C13H17N3S. The molecule has 0 amide bonds. The van der Waals surface area contributed by atoms with Gasteiger partial charge in [-0.15, -0.1) is 11.8 Å².